The SMILES string of the molecule is CC1(C)S[C@H]2[C@H](NC(=O)[C@H]([NH3+])c3ccc(O)cc3)C(=O)N2[C@H]1C(=O)[O-]. The van der Waals surface area contributed by atoms with E-state index in [-0.39, 0.29) is 5.75 Å². The molecule has 25 heavy (non-hydrogen) atoms. The van der Waals surface area contributed by atoms with Crippen LogP contribution >= 0.6 is 11.8 Å². The molecular formula is C16H19N3O5S. The summed E-state index contributed by atoms with van der Waals surface area (Å²) in [5.74, 6) is -2.07. The summed E-state index contributed by atoms with van der Waals surface area (Å²) in [5.41, 5.74) is 4.40. The molecule has 8 nitrogen and oxygen atoms in total. The first-order valence-corrected chi connectivity index (χ1v) is 8.64. The van der Waals surface area contributed by atoms with Crippen LogP contribution in [0, 0.1) is 0 Å². The molecule has 2 heterocycles. The van der Waals surface area contributed by atoms with Gasteiger partial charge in [-0.3, -0.25) is 9.59 Å². The maximum atomic E-state index is 12.4. The van der Waals surface area contributed by atoms with Crippen molar-refractivity contribution in [2.24, 2.45) is 0 Å². The highest BCUT2D eigenvalue weighted by Crippen LogP contribution is 2.50. The Kier molecular flexibility index (Phi) is 4.16. The standard InChI is InChI=1S/C16H19N3O5S/c1-16(2)11(15(23)24)19-13(22)10(14(19)25-16)18-12(21)9(17)7-3-5-8(20)6-4-7/h3-6,9-11,14,20H,17H2,1-2H3,(H,18,21)(H,23,24)/t9-,10-,11+,14+/m1/s1. The van der Waals surface area contributed by atoms with Crippen LogP contribution in [0.25, 0.3) is 0 Å². The first-order valence-electron chi connectivity index (χ1n) is 7.76. The lowest BCUT2D eigenvalue weighted by molar-refractivity contribution is -0.409. The molecular weight excluding hydrogens is 346 g/mol. The molecule has 2 fully saturated rings. The maximum absolute atomic E-state index is 12.4. The Labute approximate surface area is 148 Å². The van der Waals surface area contributed by atoms with Crippen molar-refractivity contribution < 1.29 is 30.3 Å². The number of β-lactam (4-membered cyclic amide) rings is 1. The molecule has 2 aliphatic heterocycles. The molecule has 2 amide bonds. The summed E-state index contributed by atoms with van der Waals surface area (Å²) in [4.78, 5) is 37.4. The van der Waals surface area contributed by atoms with Crippen molar-refractivity contribution in [3.05, 3.63) is 29.8 Å². The van der Waals surface area contributed by atoms with Crippen LogP contribution in [0.4, 0.5) is 0 Å². The van der Waals surface area contributed by atoms with Gasteiger partial charge in [0.05, 0.1) is 12.0 Å². The zero-order valence-electron chi connectivity index (χ0n) is 13.8. The number of aromatic hydroxyl groups is 1. The predicted molar refractivity (Wildman–Crippen MR) is 86.8 cm³/mol. The molecule has 2 saturated heterocycles. The summed E-state index contributed by atoms with van der Waals surface area (Å²) in [5, 5.41) is 22.9. The van der Waals surface area contributed by atoms with Crippen LogP contribution in [-0.4, -0.2) is 50.0 Å². The van der Waals surface area contributed by atoms with Gasteiger partial charge in [0.1, 0.15) is 17.2 Å². The number of hydrogen-bond acceptors (Lipinski definition) is 6. The maximum Gasteiger partial charge on any atom is 0.283 e. The first kappa shape index (κ1) is 17.6. The molecule has 134 valence electrons. The van der Waals surface area contributed by atoms with Crippen molar-refractivity contribution >= 4 is 29.5 Å². The average molecular weight is 365 g/mol. The summed E-state index contributed by atoms with van der Waals surface area (Å²) in [6.45, 7) is 3.48. The fraction of sp³-hybridized carbons (Fsp3) is 0.438. The highest BCUT2D eigenvalue weighted by Gasteiger charge is 2.62. The number of nitrogens with one attached hydrogen (secondary N) is 1. The molecule has 2 aliphatic rings. The minimum Gasteiger partial charge on any atom is -0.548 e. The highest BCUT2D eigenvalue weighted by molar-refractivity contribution is 8.01. The molecule has 0 aromatic heterocycles. The average Bonchev–Trinajstić information content (AvgIpc) is 2.80. The Balaban J connectivity index is 1.70. The van der Waals surface area contributed by atoms with Gasteiger partial charge >= 0.3 is 0 Å². The lowest BCUT2D eigenvalue weighted by Crippen LogP contribution is -2.73. The van der Waals surface area contributed by atoms with E-state index in [9.17, 15) is 24.6 Å². The van der Waals surface area contributed by atoms with Gasteiger partial charge in [0.2, 0.25) is 5.91 Å². The van der Waals surface area contributed by atoms with Crippen molar-refractivity contribution in [3.63, 3.8) is 0 Å². The number of carboxylic acids is 1. The monoisotopic (exact) mass is 365 g/mol. The molecule has 0 spiro atoms. The van der Waals surface area contributed by atoms with E-state index in [2.05, 4.69) is 11.1 Å². The van der Waals surface area contributed by atoms with Crippen molar-refractivity contribution in [1.82, 2.24) is 10.2 Å². The van der Waals surface area contributed by atoms with Gasteiger partial charge in [0, 0.05) is 10.3 Å². The van der Waals surface area contributed by atoms with Crippen LogP contribution in [0.5, 0.6) is 5.75 Å². The summed E-state index contributed by atoms with van der Waals surface area (Å²) < 4.78 is -0.695. The Morgan fingerprint density at radius 2 is 1.96 bits per heavy atom. The number of fused-ring (bicyclic) bond motifs is 1. The van der Waals surface area contributed by atoms with Crippen molar-refractivity contribution in [2.45, 2.75) is 42.1 Å². The van der Waals surface area contributed by atoms with Gasteiger partial charge in [-0.2, -0.15) is 0 Å². The summed E-state index contributed by atoms with van der Waals surface area (Å²) in [6, 6.07) is 3.53. The van der Waals surface area contributed by atoms with Gasteiger partial charge in [-0.25, -0.2) is 0 Å². The molecule has 3 rings (SSSR count). The Morgan fingerprint density at radius 3 is 2.52 bits per heavy atom. The van der Waals surface area contributed by atoms with E-state index >= 15 is 0 Å². The minimum atomic E-state index is -1.29. The molecule has 0 bridgehead atoms. The fourth-order valence-electron chi connectivity index (χ4n) is 3.24. The van der Waals surface area contributed by atoms with Crippen molar-refractivity contribution in [3.8, 4) is 5.75 Å². The molecule has 5 N–H and O–H groups in total. The number of hydrogen-bond donors (Lipinski definition) is 3. The van der Waals surface area contributed by atoms with E-state index in [0.717, 1.165) is 0 Å². The molecule has 1 aromatic carbocycles. The van der Waals surface area contributed by atoms with E-state index in [4.69, 9.17) is 0 Å². The Hall–Kier alpha value is -2.26. The number of aliphatic carboxylic acids is 1. The van der Waals surface area contributed by atoms with Crippen molar-refractivity contribution in [2.75, 3.05) is 0 Å². The number of phenols is 1. The third kappa shape index (κ3) is 2.83. The number of thioether (sulfide) groups is 1. The van der Waals surface area contributed by atoms with Crippen LogP contribution < -0.4 is 16.2 Å². The summed E-state index contributed by atoms with van der Waals surface area (Å²) >= 11 is 1.33. The number of benzene rings is 1. The summed E-state index contributed by atoms with van der Waals surface area (Å²) in [6.07, 6.45) is 0. The number of quaternary nitrogens is 1. The quantitative estimate of drug-likeness (QED) is 0.526. The first-order chi connectivity index (χ1) is 11.6. The minimum absolute atomic E-state index is 0.0825. The zero-order chi connectivity index (χ0) is 18.5. The van der Waals surface area contributed by atoms with Gasteiger partial charge < -0.3 is 31.0 Å². The topological polar surface area (TPSA) is 137 Å². The van der Waals surface area contributed by atoms with E-state index in [0.29, 0.717) is 5.56 Å². The molecule has 4 atom stereocenters. The number of amides is 2. The van der Waals surface area contributed by atoms with Crippen LogP contribution in [0.3, 0.4) is 0 Å². The van der Waals surface area contributed by atoms with Gasteiger partial charge in [-0.1, -0.05) is 0 Å². The van der Waals surface area contributed by atoms with E-state index in [1.54, 1.807) is 26.0 Å². The Morgan fingerprint density at radius 1 is 1.36 bits per heavy atom. The second-order valence-corrected chi connectivity index (χ2v) is 8.48. The van der Waals surface area contributed by atoms with E-state index in [1.165, 1.54) is 28.8 Å². The van der Waals surface area contributed by atoms with Gasteiger partial charge in [-0.15, -0.1) is 11.8 Å². The molecule has 0 saturated carbocycles. The van der Waals surface area contributed by atoms with Crippen LogP contribution in [0.1, 0.15) is 25.5 Å². The smallest absolute Gasteiger partial charge is 0.283 e. The third-order valence-electron chi connectivity index (χ3n) is 4.57. The number of carboxylic acid groups (broad SMARTS) is 1. The van der Waals surface area contributed by atoms with Gasteiger partial charge in [0.25, 0.3) is 5.91 Å². The lowest BCUT2D eigenvalue weighted by Gasteiger charge is -2.45. The lowest BCUT2D eigenvalue weighted by atomic mass is 9.95. The van der Waals surface area contributed by atoms with E-state index in [1.807, 2.05) is 0 Å². The Bertz CT molecular complexity index is 736. The molecule has 0 aliphatic carbocycles. The van der Waals surface area contributed by atoms with Crippen LogP contribution in [0.15, 0.2) is 24.3 Å². The molecule has 0 unspecified atom stereocenters. The number of rotatable bonds is 4. The molecule has 0 radical (unpaired) electrons. The third-order valence-corrected chi connectivity index (χ3v) is 6.15. The second-order valence-electron chi connectivity index (χ2n) is 6.71. The van der Waals surface area contributed by atoms with Gasteiger partial charge in [0.15, 0.2) is 6.04 Å². The van der Waals surface area contributed by atoms with Gasteiger partial charge in [-0.05, 0) is 38.1 Å². The van der Waals surface area contributed by atoms with E-state index < -0.39 is 46.0 Å². The second kappa shape index (κ2) is 5.92. The van der Waals surface area contributed by atoms with Crippen molar-refractivity contribution in [1.29, 1.82) is 0 Å². The number of phenolic OH excluding ortho intramolecular Hbond substituents is 1. The zero-order valence-corrected chi connectivity index (χ0v) is 14.6. The normalized spacial score (nSPS) is 28.0. The predicted octanol–water partition coefficient (Wildman–Crippen LogP) is -2.03. The number of nitrogens with zero attached hydrogens (tertiary/aromatic N) is 1. The highest BCUT2D eigenvalue weighted by atomic mass is 32.2. The van der Waals surface area contributed by atoms with Crippen LogP contribution in [0.2, 0.25) is 0 Å². The number of carbonyl (C=O) groups is 3. The molecule has 1 aromatic rings. The largest absolute Gasteiger partial charge is 0.548 e. The fourth-order valence-corrected chi connectivity index (χ4v) is 4.86. The van der Waals surface area contributed by atoms with Crippen LogP contribution in [-0.2, 0) is 14.4 Å². The molecule has 9 heteroatoms. The summed E-state index contributed by atoms with van der Waals surface area (Å²) in [7, 11) is 0. The number of carbonyl (C=O) groups excluding carboxylic acids is 3.